The average molecular weight is 373 g/mol. The molecule has 1 N–H and O–H groups in total. The third kappa shape index (κ3) is 6.67. The Hall–Kier alpha value is -1.30. The maximum absolute atomic E-state index is 12.1. The van der Waals surface area contributed by atoms with Crippen LogP contribution >= 0.6 is 23.2 Å². The minimum absolute atomic E-state index is 0.163. The number of carbonyl (C=O) groups excluding carboxylic acids is 2. The molecule has 24 heavy (non-hydrogen) atoms. The highest BCUT2D eigenvalue weighted by atomic mass is 35.5. The predicted octanol–water partition coefficient (Wildman–Crippen LogP) is 3.60. The fourth-order valence-corrected chi connectivity index (χ4v) is 2.69. The molecule has 0 bridgehead atoms. The standard InChI is InChI=1S/C17H22Cl2N2O3/c1-2-24-17(23)11-21(10-12-3-4-12)8-7-16(22)20-15-9-13(18)5-6-14(15)19/h5-6,9,12H,2-4,7-8,10-11H2,1H3,(H,20,22). The van der Waals surface area contributed by atoms with Crippen molar-refractivity contribution in [3.8, 4) is 0 Å². The van der Waals surface area contributed by atoms with Crippen molar-refractivity contribution >= 4 is 40.8 Å². The summed E-state index contributed by atoms with van der Waals surface area (Å²) < 4.78 is 4.99. The lowest BCUT2D eigenvalue weighted by atomic mass is 10.2. The summed E-state index contributed by atoms with van der Waals surface area (Å²) in [6.45, 7) is 3.69. The molecule has 5 nitrogen and oxygen atoms in total. The van der Waals surface area contributed by atoms with Crippen LogP contribution in [-0.4, -0.2) is 43.0 Å². The van der Waals surface area contributed by atoms with E-state index in [0.29, 0.717) is 34.8 Å². The summed E-state index contributed by atoms with van der Waals surface area (Å²) in [6.07, 6.45) is 2.64. The van der Waals surface area contributed by atoms with Gasteiger partial charge < -0.3 is 10.1 Å². The largest absolute Gasteiger partial charge is 0.465 e. The van der Waals surface area contributed by atoms with E-state index in [0.717, 1.165) is 6.54 Å². The van der Waals surface area contributed by atoms with Gasteiger partial charge in [-0.25, -0.2) is 0 Å². The zero-order chi connectivity index (χ0) is 17.5. The first-order valence-corrected chi connectivity index (χ1v) is 8.86. The minimum atomic E-state index is -0.253. The second-order valence-corrected chi connectivity index (χ2v) is 6.75. The Balaban J connectivity index is 1.84. The van der Waals surface area contributed by atoms with Crippen molar-refractivity contribution in [2.75, 3.05) is 31.6 Å². The Morgan fingerprint density at radius 3 is 2.75 bits per heavy atom. The molecule has 0 aromatic heterocycles. The summed E-state index contributed by atoms with van der Waals surface area (Å²) in [4.78, 5) is 25.8. The van der Waals surface area contributed by atoms with Crippen LogP contribution < -0.4 is 5.32 Å². The summed E-state index contributed by atoms with van der Waals surface area (Å²) in [5.41, 5.74) is 0.494. The Bertz CT molecular complexity index is 591. The van der Waals surface area contributed by atoms with Crippen LogP contribution in [0.15, 0.2) is 18.2 Å². The second kappa shape index (κ2) is 9.25. The SMILES string of the molecule is CCOC(=O)CN(CCC(=O)Nc1cc(Cl)ccc1Cl)CC1CC1. The van der Waals surface area contributed by atoms with Gasteiger partial charge in [0.25, 0.3) is 0 Å². The van der Waals surface area contributed by atoms with Gasteiger partial charge in [0.1, 0.15) is 0 Å². The van der Waals surface area contributed by atoms with Crippen LogP contribution in [-0.2, 0) is 14.3 Å². The van der Waals surface area contributed by atoms with Crippen molar-refractivity contribution < 1.29 is 14.3 Å². The highest BCUT2D eigenvalue weighted by Crippen LogP contribution is 2.30. The van der Waals surface area contributed by atoms with E-state index in [1.807, 2.05) is 4.90 Å². The van der Waals surface area contributed by atoms with E-state index < -0.39 is 0 Å². The second-order valence-electron chi connectivity index (χ2n) is 5.91. The average Bonchev–Trinajstić information content (AvgIpc) is 3.33. The molecule has 0 unspecified atom stereocenters. The molecule has 1 aliphatic carbocycles. The number of hydrogen-bond acceptors (Lipinski definition) is 4. The molecule has 0 saturated heterocycles. The number of anilines is 1. The molecule has 1 aromatic rings. The number of carbonyl (C=O) groups is 2. The van der Waals surface area contributed by atoms with Crippen LogP contribution in [0.25, 0.3) is 0 Å². The summed E-state index contributed by atoms with van der Waals surface area (Å²) in [5.74, 6) is 0.213. The van der Waals surface area contributed by atoms with Crippen LogP contribution in [0.3, 0.4) is 0 Å². The van der Waals surface area contributed by atoms with Crippen LogP contribution in [0, 0.1) is 5.92 Å². The molecular weight excluding hydrogens is 351 g/mol. The lowest BCUT2D eigenvalue weighted by Crippen LogP contribution is -2.35. The van der Waals surface area contributed by atoms with Gasteiger partial charge in [0, 0.05) is 24.5 Å². The van der Waals surface area contributed by atoms with E-state index in [1.54, 1.807) is 25.1 Å². The molecule has 0 aliphatic heterocycles. The maximum Gasteiger partial charge on any atom is 0.320 e. The minimum Gasteiger partial charge on any atom is -0.465 e. The summed E-state index contributed by atoms with van der Waals surface area (Å²) in [6, 6.07) is 4.91. The van der Waals surface area contributed by atoms with Gasteiger partial charge >= 0.3 is 5.97 Å². The van der Waals surface area contributed by atoms with Crippen molar-refractivity contribution in [1.29, 1.82) is 0 Å². The molecule has 2 rings (SSSR count). The number of halogens is 2. The van der Waals surface area contributed by atoms with Crippen molar-refractivity contribution in [2.24, 2.45) is 5.92 Å². The quantitative estimate of drug-likeness (QED) is 0.672. The first-order chi connectivity index (χ1) is 11.5. The van der Waals surface area contributed by atoms with E-state index in [-0.39, 0.29) is 24.8 Å². The van der Waals surface area contributed by atoms with Gasteiger partial charge in [-0.1, -0.05) is 23.2 Å². The Kier molecular flexibility index (Phi) is 7.34. The van der Waals surface area contributed by atoms with Crippen LogP contribution in [0.2, 0.25) is 10.0 Å². The molecule has 7 heteroatoms. The Labute approximate surface area is 152 Å². The molecule has 0 spiro atoms. The van der Waals surface area contributed by atoms with E-state index in [2.05, 4.69) is 5.32 Å². The van der Waals surface area contributed by atoms with Gasteiger partial charge in [-0.05, 0) is 43.9 Å². The van der Waals surface area contributed by atoms with E-state index in [1.165, 1.54) is 12.8 Å². The monoisotopic (exact) mass is 372 g/mol. The van der Waals surface area contributed by atoms with Gasteiger partial charge in [0.2, 0.25) is 5.91 Å². The number of hydrogen-bond donors (Lipinski definition) is 1. The lowest BCUT2D eigenvalue weighted by molar-refractivity contribution is -0.144. The van der Waals surface area contributed by atoms with Crippen LogP contribution in [0.5, 0.6) is 0 Å². The van der Waals surface area contributed by atoms with Crippen molar-refractivity contribution in [2.45, 2.75) is 26.2 Å². The number of benzene rings is 1. The zero-order valence-electron chi connectivity index (χ0n) is 13.7. The molecule has 132 valence electrons. The topological polar surface area (TPSA) is 58.6 Å². The predicted molar refractivity (Wildman–Crippen MR) is 95.5 cm³/mol. The van der Waals surface area contributed by atoms with Gasteiger partial charge in [-0.2, -0.15) is 0 Å². The molecule has 1 aromatic carbocycles. The van der Waals surface area contributed by atoms with Gasteiger partial charge in [-0.3, -0.25) is 14.5 Å². The molecular formula is C17H22Cl2N2O3. The van der Waals surface area contributed by atoms with Crippen molar-refractivity contribution in [3.05, 3.63) is 28.2 Å². The van der Waals surface area contributed by atoms with E-state index in [4.69, 9.17) is 27.9 Å². The Morgan fingerprint density at radius 1 is 1.33 bits per heavy atom. The Morgan fingerprint density at radius 2 is 2.08 bits per heavy atom. The first-order valence-electron chi connectivity index (χ1n) is 8.10. The summed E-state index contributed by atoms with van der Waals surface area (Å²) in [7, 11) is 0. The van der Waals surface area contributed by atoms with E-state index in [9.17, 15) is 9.59 Å². The number of esters is 1. The molecule has 1 amide bonds. The van der Waals surface area contributed by atoms with Crippen molar-refractivity contribution in [1.82, 2.24) is 4.90 Å². The third-order valence-electron chi connectivity index (χ3n) is 3.73. The normalized spacial score (nSPS) is 13.8. The molecule has 1 aliphatic rings. The molecule has 1 saturated carbocycles. The number of nitrogens with one attached hydrogen (secondary N) is 1. The third-order valence-corrected chi connectivity index (χ3v) is 4.29. The number of amides is 1. The molecule has 0 radical (unpaired) electrons. The highest BCUT2D eigenvalue weighted by molar-refractivity contribution is 6.35. The fraction of sp³-hybridized carbons (Fsp3) is 0.529. The summed E-state index contributed by atoms with van der Waals surface area (Å²) in [5, 5.41) is 3.70. The molecule has 0 atom stereocenters. The number of rotatable bonds is 9. The van der Waals surface area contributed by atoms with Gasteiger partial charge in [-0.15, -0.1) is 0 Å². The molecule has 0 heterocycles. The first kappa shape index (κ1) is 19.0. The van der Waals surface area contributed by atoms with Crippen molar-refractivity contribution in [3.63, 3.8) is 0 Å². The van der Waals surface area contributed by atoms with Gasteiger partial charge in [0.05, 0.1) is 23.9 Å². The van der Waals surface area contributed by atoms with E-state index >= 15 is 0 Å². The van der Waals surface area contributed by atoms with Crippen LogP contribution in [0.1, 0.15) is 26.2 Å². The fourth-order valence-electron chi connectivity index (χ4n) is 2.36. The smallest absolute Gasteiger partial charge is 0.320 e. The molecule has 1 fully saturated rings. The van der Waals surface area contributed by atoms with Crippen LogP contribution in [0.4, 0.5) is 5.69 Å². The number of nitrogens with zero attached hydrogens (tertiary/aromatic N) is 1. The maximum atomic E-state index is 12.1. The zero-order valence-corrected chi connectivity index (χ0v) is 15.2. The highest BCUT2D eigenvalue weighted by Gasteiger charge is 2.25. The lowest BCUT2D eigenvalue weighted by Gasteiger charge is -2.21. The number of ether oxygens (including phenoxy) is 1. The summed E-state index contributed by atoms with van der Waals surface area (Å²) >= 11 is 11.9. The van der Waals surface area contributed by atoms with Gasteiger partial charge in [0.15, 0.2) is 0 Å².